The van der Waals surface area contributed by atoms with Crippen LogP contribution in [0.25, 0.3) is 0 Å². The number of nitrogens with zero attached hydrogens (tertiary/aromatic N) is 1. The molecule has 0 saturated heterocycles. The van der Waals surface area contributed by atoms with Crippen LogP contribution in [-0.2, 0) is 11.2 Å². The Balaban J connectivity index is 2.01. The third-order valence-electron chi connectivity index (χ3n) is 4.09. The molecule has 2 aliphatic heterocycles. The lowest BCUT2D eigenvalue weighted by Gasteiger charge is -2.33. The minimum Gasteiger partial charge on any atom is -0.506 e. The van der Waals surface area contributed by atoms with Gasteiger partial charge in [0.05, 0.1) is 5.69 Å². The Kier molecular flexibility index (Phi) is 3.04. The zero-order valence-corrected chi connectivity index (χ0v) is 11.4. The first kappa shape index (κ1) is 12.8. The Bertz CT molecular complexity index is 595. The Hall–Kier alpha value is -2.17. The van der Waals surface area contributed by atoms with Gasteiger partial charge in [-0.05, 0) is 42.9 Å². The van der Waals surface area contributed by atoms with Crippen LogP contribution in [0.4, 0.5) is 5.69 Å². The highest BCUT2D eigenvalue weighted by atomic mass is 16.4. The summed E-state index contributed by atoms with van der Waals surface area (Å²) in [5.41, 5.74) is 3.07. The highest BCUT2D eigenvalue weighted by molar-refractivity contribution is 5.75. The van der Waals surface area contributed by atoms with Crippen molar-refractivity contribution in [3.05, 3.63) is 35.2 Å². The van der Waals surface area contributed by atoms with Crippen LogP contribution in [0.15, 0.2) is 29.6 Å². The smallest absolute Gasteiger partial charge is 0.326 e. The molecule has 3 N–H and O–H groups in total. The second-order valence-electron chi connectivity index (χ2n) is 5.40. The van der Waals surface area contributed by atoms with Crippen molar-refractivity contribution in [3.63, 3.8) is 0 Å². The number of nitrogens with one attached hydrogen (secondary N) is 1. The number of rotatable bonds is 1. The minimum absolute atomic E-state index is 0.231. The fourth-order valence-electron chi connectivity index (χ4n) is 3.12. The molecule has 106 valence electrons. The number of carboxylic acids is 1. The monoisotopic (exact) mass is 274 g/mol. The summed E-state index contributed by atoms with van der Waals surface area (Å²) in [6.45, 7) is 0. The summed E-state index contributed by atoms with van der Waals surface area (Å²) >= 11 is 0. The van der Waals surface area contributed by atoms with E-state index in [2.05, 4.69) is 5.32 Å². The third-order valence-corrected chi connectivity index (χ3v) is 4.09. The fourth-order valence-corrected chi connectivity index (χ4v) is 3.12. The Morgan fingerprint density at radius 3 is 3.00 bits per heavy atom. The molecule has 0 fully saturated rings. The third kappa shape index (κ3) is 1.99. The molecule has 1 atom stereocenters. The Morgan fingerprint density at radius 1 is 1.45 bits per heavy atom. The molecule has 1 unspecified atom stereocenters. The zero-order chi connectivity index (χ0) is 14.3. The van der Waals surface area contributed by atoms with Crippen molar-refractivity contribution in [2.24, 2.45) is 0 Å². The SMILES string of the molecule is CN1C2=C(CCCC(C(=O)O)N2)Cc2cccc(O)c21. The molecule has 0 aliphatic carbocycles. The lowest BCUT2D eigenvalue weighted by Crippen LogP contribution is -2.42. The van der Waals surface area contributed by atoms with Crippen LogP contribution < -0.4 is 10.2 Å². The summed E-state index contributed by atoms with van der Waals surface area (Å²) in [6, 6.07) is 4.95. The number of hydrogen-bond acceptors (Lipinski definition) is 4. The maximum absolute atomic E-state index is 11.2. The summed E-state index contributed by atoms with van der Waals surface area (Å²) in [7, 11) is 1.87. The first-order chi connectivity index (χ1) is 9.58. The van der Waals surface area contributed by atoms with Crippen LogP contribution in [0, 0.1) is 0 Å². The molecule has 3 rings (SSSR count). The van der Waals surface area contributed by atoms with E-state index in [9.17, 15) is 15.0 Å². The molecular weight excluding hydrogens is 256 g/mol. The highest BCUT2D eigenvalue weighted by Gasteiger charge is 2.30. The van der Waals surface area contributed by atoms with E-state index in [1.54, 1.807) is 6.07 Å². The number of anilines is 1. The van der Waals surface area contributed by atoms with Gasteiger partial charge in [0.1, 0.15) is 17.6 Å². The van der Waals surface area contributed by atoms with Gasteiger partial charge in [-0.2, -0.15) is 0 Å². The molecule has 2 heterocycles. The fraction of sp³-hybridized carbons (Fsp3) is 0.400. The molecule has 5 nitrogen and oxygen atoms in total. The van der Waals surface area contributed by atoms with Gasteiger partial charge < -0.3 is 20.4 Å². The zero-order valence-electron chi connectivity index (χ0n) is 11.4. The van der Waals surface area contributed by atoms with E-state index in [1.165, 1.54) is 5.57 Å². The molecule has 0 aromatic heterocycles. The molecule has 0 radical (unpaired) electrons. The first-order valence-electron chi connectivity index (χ1n) is 6.84. The van der Waals surface area contributed by atoms with E-state index < -0.39 is 12.0 Å². The normalized spacial score (nSPS) is 21.6. The number of benzene rings is 1. The van der Waals surface area contributed by atoms with Gasteiger partial charge in [0.25, 0.3) is 0 Å². The summed E-state index contributed by atoms with van der Waals surface area (Å²) in [6.07, 6.45) is 3.15. The van der Waals surface area contributed by atoms with Crippen molar-refractivity contribution in [1.29, 1.82) is 0 Å². The molecule has 1 aromatic carbocycles. The predicted molar refractivity (Wildman–Crippen MR) is 75.7 cm³/mol. The van der Waals surface area contributed by atoms with Crippen LogP contribution in [0.5, 0.6) is 5.75 Å². The van der Waals surface area contributed by atoms with Crippen molar-refractivity contribution in [3.8, 4) is 5.75 Å². The number of carbonyl (C=O) groups is 1. The second kappa shape index (κ2) is 4.74. The molecule has 20 heavy (non-hydrogen) atoms. The molecule has 0 amide bonds. The van der Waals surface area contributed by atoms with E-state index in [4.69, 9.17) is 0 Å². The second-order valence-corrected chi connectivity index (χ2v) is 5.40. The Morgan fingerprint density at radius 2 is 2.25 bits per heavy atom. The molecule has 0 spiro atoms. The van der Waals surface area contributed by atoms with Crippen molar-refractivity contribution < 1.29 is 15.0 Å². The van der Waals surface area contributed by atoms with Gasteiger partial charge in [-0.1, -0.05) is 12.1 Å². The van der Waals surface area contributed by atoms with Gasteiger partial charge >= 0.3 is 5.97 Å². The summed E-state index contributed by atoms with van der Waals surface area (Å²) < 4.78 is 0. The van der Waals surface area contributed by atoms with Crippen LogP contribution in [0.2, 0.25) is 0 Å². The number of hydrogen-bond donors (Lipinski definition) is 3. The number of fused-ring (bicyclic) bond motifs is 1. The minimum atomic E-state index is -0.824. The summed E-state index contributed by atoms with van der Waals surface area (Å²) in [5.74, 6) is 0.244. The largest absolute Gasteiger partial charge is 0.506 e. The van der Waals surface area contributed by atoms with E-state index in [1.807, 2.05) is 24.1 Å². The van der Waals surface area contributed by atoms with Crippen LogP contribution in [0.1, 0.15) is 24.8 Å². The number of aromatic hydroxyl groups is 1. The van der Waals surface area contributed by atoms with E-state index in [0.29, 0.717) is 6.42 Å². The predicted octanol–water partition coefficient (Wildman–Crippen LogP) is 1.82. The van der Waals surface area contributed by atoms with Crippen molar-refractivity contribution in [2.45, 2.75) is 31.7 Å². The summed E-state index contributed by atoms with van der Waals surface area (Å²) in [4.78, 5) is 13.1. The number of phenols is 1. The Labute approximate surface area is 117 Å². The molecular formula is C15H18N2O3. The van der Waals surface area contributed by atoms with E-state index in [-0.39, 0.29) is 5.75 Å². The molecule has 2 aliphatic rings. The van der Waals surface area contributed by atoms with Crippen LogP contribution >= 0.6 is 0 Å². The van der Waals surface area contributed by atoms with Crippen molar-refractivity contribution in [1.82, 2.24) is 5.32 Å². The van der Waals surface area contributed by atoms with Crippen LogP contribution in [0.3, 0.4) is 0 Å². The lowest BCUT2D eigenvalue weighted by molar-refractivity contribution is -0.139. The highest BCUT2D eigenvalue weighted by Crippen LogP contribution is 2.40. The number of aliphatic carboxylic acids is 1. The molecule has 0 saturated carbocycles. The topological polar surface area (TPSA) is 72.8 Å². The molecule has 1 aromatic rings. The maximum atomic E-state index is 11.2. The number of phenolic OH excluding ortho intramolecular Hbond substituents is 1. The quantitative estimate of drug-likeness (QED) is 0.728. The van der Waals surface area contributed by atoms with Gasteiger partial charge in [0.15, 0.2) is 0 Å². The maximum Gasteiger partial charge on any atom is 0.326 e. The van der Waals surface area contributed by atoms with Gasteiger partial charge in [-0.25, -0.2) is 4.79 Å². The van der Waals surface area contributed by atoms with E-state index in [0.717, 1.165) is 36.3 Å². The van der Waals surface area contributed by atoms with Gasteiger partial charge in [0, 0.05) is 7.05 Å². The lowest BCUT2D eigenvalue weighted by atomic mass is 9.95. The van der Waals surface area contributed by atoms with Gasteiger partial charge in [-0.15, -0.1) is 0 Å². The van der Waals surface area contributed by atoms with Crippen LogP contribution in [-0.4, -0.2) is 29.3 Å². The number of para-hydroxylation sites is 1. The van der Waals surface area contributed by atoms with Crippen molar-refractivity contribution in [2.75, 3.05) is 11.9 Å². The summed E-state index contributed by atoms with van der Waals surface area (Å²) in [5, 5.41) is 22.4. The molecule has 5 heteroatoms. The molecule has 0 bridgehead atoms. The average molecular weight is 274 g/mol. The average Bonchev–Trinajstić information content (AvgIpc) is 2.61. The van der Waals surface area contributed by atoms with Gasteiger partial charge in [0.2, 0.25) is 0 Å². The first-order valence-corrected chi connectivity index (χ1v) is 6.84. The number of allylic oxidation sites excluding steroid dienone is 1. The number of carboxylic acid groups (broad SMARTS) is 1. The van der Waals surface area contributed by atoms with Crippen molar-refractivity contribution >= 4 is 11.7 Å². The standard InChI is InChI=1S/C15H18N2O3/c1-17-13-9(4-3-7-12(13)18)8-10-5-2-6-11(15(19)20)16-14(10)17/h3-4,7,11,16,18H,2,5-6,8H2,1H3,(H,19,20). The van der Waals surface area contributed by atoms with Gasteiger partial charge in [-0.3, -0.25) is 0 Å². The van der Waals surface area contributed by atoms with E-state index >= 15 is 0 Å².